The quantitative estimate of drug-likeness (QED) is 0.428. The van der Waals surface area contributed by atoms with Crippen molar-refractivity contribution in [2.75, 3.05) is 0 Å². The van der Waals surface area contributed by atoms with E-state index in [1.807, 2.05) is 36.4 Å². The van der Waals surface area contributed by atoms with E-state index in [-0.39, 0.29) is 0 Å². The molecular formula is C6H6O8P2-6. The Kier molecular flexibility index (Phi) is 9.55. The second-order valence-corrected chi connectivity index (χ2v) is 3.84. The zero-order chi connectivity index (χ0) is 13.2. The van der Waals surface area contributed by atoms with Gasteiger partial charge in [-0.25, -0.2) is 0 Å². The SMILES string of the molecule is O=P([O-])([O-])[O-].O=P([O-])([O-])[O-].c1ccccc1. The van der Waals surface area contributed by atoms with E-state index in [2.05, 4.69) is 0 Å². The van der Waals surface area contributed by atoms with Crippen molar-refractivity contribution >= 4 is 15.6 Å². The standard InChI is InChI=1S/C6H6.2H3O4P/c1-2-4-6-5-3-1;2*1-5(2,3)4/h1-6H;2*(H3,1,2,3,4)/p-6. The number of phosphoric acid groups is 2. The van der Waals surface area contributed by atoms with Crippen LogP contribution in [0.15, 0.2) is 36.4 Å². The molecule has 0 fully saturated rings. The molecule has 0 aliphatic rings. The Bertz CT molecular complexity index is 278. The summed E-state index contributed by atoms with van der Waals surface area (Å²) < 4.78 is 17.1. The normalized spacial score (nSPS) is 10.4. The Labute approximate surface area is 91.3 Å². The zero-order valence-corrected chi connectivity index (χ0v) is 9.41. The molecule has 0 unspecified atom stereocenters. The Morgan fingerprint density at radius 2 is 0.562 bits per heavy atom. The van der Waals surface area contributed by atoms with Gasteiger partial charge in [-0.15, -0.1) is 0 Å². The van der Waals surface area contributed by atoms with E-state index in [0.29, 0.717) is 0 Å². The summed E-state index contributed by atoms with van der Waals surface area (Å²) in [6.45, 7) is 0. The second kappa shape index (κ2) is 8.58. The van der Waals surface area contributed by atoms with Gasteiger partial charge < -0.3 is 38.5 Å². The highest BCUT2D eigenvalue weighted by atomic mass is 31.2. The van der Waals surface area contributed by atoms with Gasteiger partial charge in [-0.2, -0.15) is 15.6 Å². The first-order chi connectivity index (χ1) is 7.00. The average molecular weight is 268 g/mol. The van der Waals surface area contributed by atoms with Gasteiger partial charge in [-0.3, -0.25) is 0 Å². The largest absolute Gasteiger partial charge is 0.822 e. The van der Waals surface area contributed by atoms with Crippen LogP contribution in [-0.4, -0.2) is 0 Å². The van der Waals surface area contributed by atoms with Crippen molar-refractivity contribution in [3.63, 3.8) is 0 Å². The molecule has 0 bridgehead atoms. The maximum atomic E-state index is 8.55. The number of rotatable bonds is 0. The van der Waals surface area contributed by atoms with Gasteiger partial charge in [0.1, 0.15) is 0 Å². The minimum atomic E-state index is -5.39. The smallest absolute Gasteiger partial charge is 0.0623 e. The summed E-state index contributed by atoms with van der Waals surface area (Å²) in [5, 5.41) is 0. The van der Waals surface area contributed by atoms with Gasteiger partial charge in [0.2, 0.25) is 0 Å². The van der Waals surface area contributed by atoms with Crippen LogP contribution < -0.4 is 29.4 Å². The lowest BCUT2D eigenvalue weighted by Gasteiger charge is -2.36. The summed E-state index contributed by atoms with van der Waals surface area (Å²) in [7, 11) is -10.8. The molecule has 94 valence electrons. The van der Waals surface area contributed by atoms with Gasteiger partial charge in [0.25, 0.3) is 0 Å². The van der Waals surface area contributed by atoms with Gasteiger partial charge in [0, 0.05) is 0 Å². The molecule has 10 heteroatoms. The molecule has 0 radical (unpaired) electrons. The second-order valence-electron chi connectivity index (χ2n) is 2.05. The summed E-state index contributed by atoms with van der Waals surface area (Å²) in [6, 6.07) is 12.0. The lowest BCUT2D eigenvalue weighted by molar-refractivity contribution is -0.434. The fourth-order valence-electron chi connectivity index (χ4n) is 0.385. The molecule has 0 heterocycles. The first-order valence-corrected chi connectivity index (χ1v) is 6.38. The van der Waals surface area contributed by atoms with Crippen LogP contribution >= 0.6 is 15.6 Å². The van der Waals surface area contributed by atoms with Crippen LogP contribution in [0.2, 0.25) is 0 Å². The number of hydrogen-bond acceptors (Lipinski definition) is 8. The Hall–Kier alpha value is -0.560. The van der Waals surface area contributed by atoms with Gasteiger partial charge in [-0.05, 0) is 0 Å². The van der Waals surface area contributed by atoms with E-state index >= 15 is 0 Å². The molecular weight excluding hydrogens is 262 g/mol. The van der Waals surface area contributed by atoms with Crippen LogP contribution in [0, 0.1) is 0 Å². The third kappa shape index (κ3) is 70.3. The molecule has 0 amide bonds. The Morgan fingerprint density at radius 3 is 0.625 bits per heavy atom. The monoisotopic (exact) mass is 268 g/mol. The van der Waals surface area contributed by atoms with E-state index in [0.717, 1.165) is 0 Å². The van der Waals surface area contributed by atoms with Crippen LogP contribution in [0.25, 0.3) is 0 Å². The molecule has 0 aromatic heterocycles. The van der Waals surface area contributed by atoms with Crippen LogP contribution in [0.5, 0.6) is 0 Å². The summed E-state index contributed by atoms with van der Waals surface area (Å²) in [5.41, 5.74) is 0. The fourth-order valence-corrected chi connectivity index (χ4v) is 0.385. The minimum absolute atomic E-state index is 2.00. The van der Waals surface area contributed by atoms with Crippen molar-refractivity contribution in [3.05, 3.63) is 36.4 Å². The maximum absolute atomic E-state index is 8.55. The molecule has 16 heavy (non-hydrogen) atoms. The predicted molar refractivity (Wildman–Crippen MR) is 41.7 cm³/mol. The molecule has 0 saturated carbocycles. The summed E-state index contributed by atoms with van der Waals surface area (Å²) in [6.07, 6.45) is 0. The van der Waals surface area contributed by atoms with E-state index in [1.54, 1.807) is 0 Å². The topological polar surface area (TPSA) is 172 Å². The van der Waals surface area contributed by atoms with Crippen molar-refractivity contribution in [1.29, 1.82) is 0 Å². The fraction of sp³-hybridized carbons (Fsp3) is 0. The molecule has 0 aliphatic heterocycles. The first-order valence-electron chi connectivity index (χ1n) is 3.46. The predicted octanol–water partition coefficient (Wildman–Crippen LogP) is -3.96. The molecule has 0 aliphatic carbocycles. The third-order valence-corrected chi connectivity index (χ3v) is 0.667. The van der Waals surface area contributed by atoms with Crippen molar-refractivity contribution in [3.8, 4) is 0 Å². The van der Waals surface area contributed by atoms with Crippen molar-refractivity contribution in [2.24, 2.45) is 0 Å². The molecule has 1 aromatic carbocycles. The zero-order valence-electron chi connectivity index (χ0n) is 7.62. The van der Waals surface area contributed by atoms with Crippen molar-refractivity contribution < 1.29 is 38.5 Å². The highest BCUT2D eigenvalue weighted by molar-refractivity contribution is 7.40. The highest BCUT2D eigenvalue weighted by Crippen LogP contribution is 2.03. The molecule has 8 nitrogen and oxygen atoms in total. The van der Waals surface area contributed by atoms with Crippen molar-refractivity contribution in [1.82, 2.24) is 0 Å². The average Bonchev–Trinajstić information content (AvgIpc) is 2.01. The number of benzene rings is 1. The summed E-state index contributed by atoms with van der Waals surface area (Å²) >= 11 is 0. The first kappa shape index (κ1) is 17.8. The molecule has 0 spiro atoms. The van der Waals surface area contributed by atoms with Gasteiger partial charge in [0.05, 0.1) is 0 Å². The highest BCUT2D eigenvalue weighted by Gasteiger charge is 1.57. The van der Waals surface area contributed by atoms with E-state index < -0.39 is 15.6 Å². The van der Waals surface area contributed by atoms with E-state index in [4.69, 9.17) is 38.5 Å². The minimum Gasteiger partial charge on any atom is -0.822 e. The lowest BCUT2D eigenvalue weighted by Crippen LogP contribution is -2.24. The van der Waals surface area contributed by atoms with Crippen molar-refractivity contribution in [2.45, 2.75) is 0 Å². The summed E-state index contributed by atoms with van der Waals surface area (Å²) in [5.74, 6) is 0. The molecule has 0 atom stereocenters. The van der Waals surface area contributed by atoms with Crippen LogP contribution in [0.4, 0.5) is 0 Å². The Balaban J connectivity index is 0. The Morgan fingerprint density at radius 1 is 0.500 bits per heavy atom. The maximum Gasteiger partial charge on any atom is -0.0623 e. The van der Waals surface area contributed by atoms with Gasteiger partial charge in [0.15, 0.2) is 0 Å². The number of hydrogen-bond donors (Lipinski definition) is 0. The molecule has 1 rings (SSSR count). The lowest BCUT2D eigenvalue weighted by atomic mass is 10.4. The molecule has 0 N–H and O–H groups in total. The van der Waals surface area contributed by atoms with Gasteiger partial charge in [-0.1, -0.05) is 36.4 Å². The van der Waals surface area contributed by atoms with Gasteiger partial charge >= 0.3 is 0 Å². The molecule has 1 aromatic rings. The van der Waals surface area contributed by atoms with E-state index in [1.165, 1.54) is 0 Å². The summed E-state index contributed by atoms with van der Waals surface area (Å²) in [4.78, 5) is 51.3. The third-order valence-electron chi connectivity index (χ3n) is 0.667. The van der Waals surface area contributed by atoms with E-state index in [9.17, 15) is 0 Å². The van der Waals surface area contributed by atoms with Crippen LogP contribution in [-0.2, 0) is 9.13 Å². The van der Waals surface area contributed by atoms with Crippen LogP contribution in [0.1, 0.15) is 0 Å². The molecule has 0 saturated heterocycles. The van der Waals surface area contributed by atoms with Crippen LogP contribution in [0.3, 0.4) is 0 Å².